The molecule has 0 aliphatic heterocycles. The minimum absolute atomic E-state index is 0.152. The summed E-state index contributed by atoms with van der Waals surface area (Å²) in [7, 11) is 0. The second kappa shape index (κ2) is 12.1. The Labute approximate surface area is 198 Å². The maximum absolute atomic E-state index is 13.1. The summed E-state index contributed by atoms with van der Waals surface area (Å²) in [5.41, 5.74) is 2.95. The standard InChI is InChI=1S/C24H30BrClN2O3/c1-5-6-11-27-24(30)18(4)28(14-19-7-9-20(26)10-8-19)22(29)15-31-21-12-16(2)23(25)17(3)13-21/h7-10,12-13,18H,5-6,11,14-15H2,1-4H3,(H,27,30)/t18-/m1/s1. The quantitative estimate of drug-likeness (QED) is 0.434. The van der Waals surface area contributed by atoms with Crippen molar-refractivity contribution in [3.8, 4) is 5.75 Å². The number of halogens is 2. The first-order chi connectivity index (χ1) is 14.7. The number of nitrogens with zero attached hydrogens (tertiary/aromatic N) is 1. The number of amides is 2. The van der Waals surface area contributed by atoms with Crippen LogP contribution in [0, 0.1) is 13.8 Å². The lowest BCUT2D eigenvalue weighted by molar-refractivity contribution is -0.142. The number of benzene rings is 2. The van der Waals surface area contributed by atoms with Crippen molar-refractivity contribution in [3.63, 3.8) is 0 Å². The summed E-state index contributed by atoms with van der Waals surface area (Å²) in [4.78, 5) is 27.3. The van der Waals surface area contributed by atoms with Crippen LogP contribution in [0.15, 0.2) is 40.9 Å². The monoisotopic (exact) mass is 508 g/mol. The number of unbranched alkanes of at least 4 members (excludes halogenated alkanes) is 1. The maximum Gasteiger partial charge on any atom is 0.261 e. The molecule has 1 atom stereocenters. The predicted octanol–water partition coefficient (Wildman–Crippen LogP) is 5.43. The summed E-state index contributed by atoms with van der Waals surface area (Å²) in [6.45, 7) is 8.48. The van der Waals surface area contributed by atoms with Gasteiger partial charge in [0.2, 0.25) is 5.91 Å². The van der Waals surface area contributed by atoms with Crippen LogP contribution in [0.3, 0.4) is 0 Å². The van der Waals surface area contributed by atoms with E-state index in [2.05, 4.69) is 28.2 Å². The van der Waals surface area contributed by atoms with Gasteiger partial charge in [-0.3, -0.25) is 9.59 Å². The molecular weight excluding hydrogens is 480 g/mol. The second-order valence-electron chi connectivity index (χ2n) is 7.63. The Morgan fingerprint density at radius 2 is 1.77 bits per heavy atom. The molecule has 168 valence electrons. The van der Waals surface area contributed by atoms with E-state index >= 15 is 0 Å². The summed E-state index contributed by atoms with van der Waals surface area (Å²) in [6, 6.07) is 10.4. The molecule has 0 aliphatic rings. The van der Waals surface area contributed by atoms with Crippen LogP contribution in [0.2, 0.25) is 5.02 Å². The fourth-order valence-electron chi connectivity index (χ4n) is 3.12. The topological polar surface area (TPSA) is 58.6 Å². The molecule has 2 amide bonds. The van der Waals surface area contributed by atoms with Gasteiger partial charge < -0.3 is 15.0 Å². The Morgan fingerprint density at radius 1 is 1.16 bits per heavy atom. The molecule has 0 aromatic heterocycles. The van der Waals surface area contributed by atoms with E-state index in [-0.39, 0.29) is 18.4 Å². The van der Waals surface area contributed by atoms with E-state index in [4.69, 9.17) is 16.3 Å². The van der Waals surface area contributed by atoms with Gasteiger partial charge in [0.1, 0.15) is 11.8 Å². The highest BCUT2D eigenvalue weighted by molar-refractivity contribution is 9.10. The van der Waals surface area contributed by atoms with Gasteiger partial charge in [0.05, 0.1) is 0 Å². The lowest BCUT2D eigenvalue weighted by atomic mass is 10.1. The smallest absolute Gasteiger partial charge is 0.261 e. The molecule has 0 heterocycles. The number of rotatable bonds is 10. The van der Waals surface area contributed by atoms with Crippen molar-refractivity contribution in [1.29, 1.82) is 0 Å². The number of carbonyl (C=O) groups is 2. The number of aryl methyl sites for hydroxylation is 2. The SMILES string of the molecule is CCCCNC(=O)[C@@H](C)N(Cc1ccc(Cl)cc1)C(=O)COc1cc(C)c(Br)c(C)c1. The molecule has 1 N–H and O–H groups in total. The van der Waals surface area contributed by atoms with Crippen molar-refractivity contribution in [2.75, 3.05) is 13.2 Å². The molecule has 2 rings (SSSR count). The van der Waals surface area contributed by atoms with Crippen LogP contribution < -0.4 is 10.1 Å². The molecular formula is C24H30BrClN2O3. The lowest BCUT2D eigenvalue weighted by Crippen LogP contribution is -2.49. The van der Waals surface area contributed by atoms with Gasteiger partial charge in [-0.2, -0.15) is 0 Å². The largest absolute Gasteiger partial charge is 0.484 e. The molecule has 7 heteroatoms. The predicted molar refractivity (Wildman–Crippen MR) is 128 cm³/mol. The number of carbonyl (C=O) groups excluding carboxylic acids is 2. The Hall–Kier alpha value is -2.05. The van der Waals surface area contributed by atoms with Crippen LogP contribution in [-0.2, 0) is 16.1 Å². The van der Waals surface area contributed by atoms with E-state index in [1.54, 1.807) is 24.0 Å². The maximum atomic E-state index is 13.1. The summed E-state index contributed by atoms with van der Waals surface area (Å²) in [5, 5.41) is 3.53. The molecule has 5 nitrogen and oxygen atoms in total. The molecule has 0 spiro atoms. The zero-order valence-electron chi connectivity index (χ0n) is 18.5. The summed E-state index contributed by atoms with van der Waals surface area (Å²) in [5.74, 6) is 0.190. The molecule has 31 heavy (non-hydrogen) atoms. The van der Waals surface area contributed by atoms with E-state index in [1.807, 2.05) is 38.1 Å². The summed E-state index contributed by atoms with van der Waals surface area (Å²) < 4.78 is 6.81. The normalized spacial score (nSPS) is 11.7. The third-order valence-corrected chi connectivity index (χ3v) is 6.54. The average Bonchev–Trinajstić information content (AvgIpc) is 2.74. The van der Waals surface area contributed by atoms with Gasteiger partial charge in [0.15, 0.2) is 6.61 Å². The Morgan fingerprint density at radius 3 is 2.35 bits per heavy atom. The number of nitrogens with one attached hydrogen (secondary N) is 1. The van der Waals surface area contributed by atoms with Gasteiger partial charge >= 0.3 is 0 Å². The van der Waals surface area contributed by atoms with Gasteiger partial charge in [0, 0.05) is 22.6 Å². The third kappa shape index (κ3) is 7.54. The zero-order chi connectivity index (χ0) is 23.0. The fourth-order valence-corrected chi connectivity index (χ4v) is 3.48. The summed E-state index contributed by atoms with van der Waals surface area (Å²) in [6.07, 6.45) is 1.89. The zero-order valence-corrected chi connectivity index (χ0v) is 20.8. The van der Waals surface area contributed by atoms with Gasteiger partial charge in [-0.15, -0.1) is 0 Å². The van der Waals surface area contributed by atoms with Gasteiger partial charge in [0.25, 0.3) is 5.91 Å². The highest BCUT2D eigenvalue weighted by Gasteiger charge is 2.26. The van der Waals surface area contributed by atoms with E-state index in [1.165, 1.54) is 0 Å². The van der Waals surface area contributed by atoms with Crippen LogP contribution in [0.1, 0.15) is 43.4 Å². The van der Waals surface area contributed by atoms with E-state index < -0.39 is 6.04 Å². The first kappa shape index (κ1) is 25.2. The lowest BCUT2D eigenvalue weighted by Gasteiger charge is -2.29. The highest BCUT2D eigenvalue weighted by atomic mass is 79.9. The molecule has 2 aromatic carbocycles. The van der Waals surface area contributed by atoms with Crippen LogP contribution >= 0.6 is 27.5 Å². The first-order valence-electron chi connectivity index (χ1n) is 10.4. The Bertz CT molecular complexity index is 879. The van der Waals surface area contributed by atoms with Crippen molar-refractivity contribution >= 4 is 39.3 Å². The average molecular weight is 510 g/mol. The van der Waals surface area contributed by atoms with Crippen molar-refractivity contribution in [1.82, 2.24) is 10.2 Å². The molecule has 0 unspecified atom stereocenters. The van der Waals surface area contributed by atoms with Gasteiger partial charge in [-0.05, 0) is 68.1 Å². The number of hydrogen-bond acceptors (Lipinski definition) is 3. The van der Waals surface area contributed by atoms with Crippen LogP contribution in [-0.4, -0.2) is 35.9 Å². The molecule has 0 saturated heterocycles. The van der Waals surface area contributed by atoms with Crippen molar-refractivity contribution < 1.29 is 14.3 Å². The van der Waals surface area contributed by atoms with Crippen LogP contribution in [0.5, 0.6) is 5.75 Å². The van der Waals surface area contributed by atoms with Crippen LogP contribution in [0.4, 0.5) is 0 Å². The minimum Gasteiger partial charge on any atom is -0.484 e. The second-order valence-corrected chi connectivity index (χ2v) is 8.86. The molecule has 0 bridgehead atoms. The van der Waals surface area contributed by atoms with Gasteiger partial charge in [-0.25, -0.2) is 0 Å². The first-order valence-corrected chi connectivity index (χ1v) is 11.6. The molecule has 2 aromatic rings. The van der Waals surface area contributed by atoms with Crippen molar-refractivity contribution in [2.45, 2.75) is 53.1 Å². The van der Waals surface area contributed by atoms with Gasteiger partial charge in [-0.1, -0.05) is 53.0 Å². The van der Waals surface area contributed by atoms with E-state index in [9.17, 15) is 9.59 Å². The van der Waals surface area contributed by atoms with Crippen molar-refractivity contribution in [3.05, 3.63) is 62.6 Å². The molecule has 0 radical (unpaired) electrons. The molecule has 0 fully saturated rings. The number of ether oxygens (including phenoxy) is 1. The Kier molecular flexibility index (Phi) is 9.85. The van der Waals surface area contributed by atoms with E-state index in [0.717, 1.165) is 34.0 Å². The van der Waals surface area contributed by atoms with Crippen molar-refractivity contribution in [2.24, 2.45) is 0 Å². The third-order valence-electron chi connectivity index (χ3n) is 5.04. The minimum atomic E-state index is -0.628. The number of hydrogen-bond donors (Lipinski definition) is 1. The van der Waals surface area contributed by atoms with E-state index in [0.29, 0.717) is 23.9 Å². The molecule has 0 aliphatic carbocycles. The highest BCUT2D eigenvalue weighted by Crippen LogP contribution is 2.26. The summed E-state index contributed by atoms with van der Waals surface area (Å²) >= 11 is 9.52. The fraction of sp³-hybridized carbons (Fsp3) is 0.417. The van der Waals surface area contributed by atoms with Crippen LogP contribution in [0.25, 0.3) is 0 Å². The Balaban J connectivity index is 2.14. The molecule has 0 saturated carbocycles.